The predicted octanol–water partition coefficient (Wildman–Crippen LogP) is 0.441. The van der Waals surface area contributed by atoms with E-state index in [-0.39, 0.29) is 23.9 Å². The summed E-state index contributed by atoms with van der Waals surface area (Å²) >= 11 is 0. The van der Waals surface area contributed by atoms with Gasteiger partial charge in [0.2, 0.25) is 17.7 Å². The Labute approximate surface area is 204 Å². The molecular formula is C24H33N7O4. The van der Waals surface area contributed by atoms with Gasteiger partial charge in [0, 0.05) is 24.9 Å². The lowest BCUT2D eigenvalue weighted by Gasteiger charge is -2.32. The summed E-state index contributed by atoms with van der Waals surface area (Å²) < 4.78 is 0. The van der Waals surface area contributed by atoms with Crippen molar-refractivity contribution in [3.8, 4) is 6.07 Å². The van der Waals surface area contributed by atoms with Crippen molar-refractivity contribution in [3.05, 3.63) is 24.3 Å². The molecule has 11 nitrogen and oxygen atoms in total. The summed E-state index contributed by atoms with van der Waals surface area (Å²) in [5.74, 6) is -1.64. The van der Waals surface area contributed by atoms with Gasteiger partial charge >= 0.3 is 0 Å². The molecule has 1 aliphatic heterocycles. The lowest BCUT2D eigenvalue weighted by molar-refractivity contribution is -0.131. The Morgan fingerprint density at radius 1 is 1.11 bits per heavy atom. The summed E-state index contributed by atoms with van der Waals surface area (Å²) in [7, 11) is 0. The highest BCUT2D eigenvalue weighted by molar-refractivity contribution is 5.97. The number of hydrogen-bond acceptors (Lipinski definition) is 7. The summed E-state index contributed by atoms with van der Waals surface area (Å²) in [5.41, 5.74) is -0.581. The average Bonchev–Trinajstić information content (AvgIpc) is 3.55. The molecule has 4 N–H and O–H groups in total. The number of nitrogens with zero attached hydrogens (tertiary/aromatic N) is 3. The first-order valence-electron chi connectivity index (χ1n) is 11.9. The smallest absolute Gasteiger partial charge is 0.272 e. The summed E-state index contributed by atoms with van der Waals surface area (Å²) in [6.07, 6.45) is 7.35. The van der Waals surface area contributed by atoms with E-state index in [1.165, 1.54) is 18.6 Å². The molecule has 1 saturated carbocycles. The van der Waals surface area contributed by atoms with Gasteiger partial charge in [-0.25, -0.2) is 4.98 Å². The van der Waals surface area contributed by atoms with Gasteiger partial charge in [0.25, 0.3) is 5.91 Å². The maximum Gasteiger partial charge on any atom is 0.272 e. The molecule has 1 aromatic heterocycles. The van der Waals surface area contributed by atoms with E-state index >= 15 is 0 Å². The van der Waals surface area contributed by atoms with Crippen LogP contribution in [0, 0.1) is 28.6 Å². The van der Waals surface area contributed by atoms with Crippen LogP contribution in [0.25, 0.3) is 0 Å². The van der Waals surface area contributed by atoms with Crippen LogP contribution in [0.4, 0.5) is 0 Å². The van der Waals surface area contributed by atoms with Crippen molar-refractivity contribution in [2.75, 3.05) is 6.54 Å². The van der Waals surface area contributed by atoms with Gasteiger partial charge in [-0.05, 0) is 30.6 Å². The average molecular weight is 484 g/mol. The van der Waals surface area contributed by atoms with Crippen molar-refractivity contribution >= 4 is 23.6 Å². The molecule has 3 rings (SSSR count). The van der Waals surface area contributed by atoms with Crippen LogP contribution in [-0.2, 0) is 14.4 Å². The van der Waals surface area contributed by atoms with Crippen molar-refractivity contribution in [2.45, 2.75) is 71.0 Å². The van der Waals surface area contributed by atoms with Gasteiger partial charge < -0.3 is 21.3 Å². The van der Waals surface area contributed by atoms with Crippen LogP contribution in [0.3, 0.4) is 0 Å². The van der Waals surface area contributed by atoms with Crippen LogP contribution in [0.1, 0.15) is 63.4 Å². The molecule has 188 valence electrons. The number of aromatic nitrogens is 2. The number of nitrogens with one attached hydrogen (secondary N) is 4. The minimum Gasteiger partial charge on any atom is -0.356 e. The molecule has 35 heavy (non-hydrogen) atoms. The minimum absolute atomic E-state index is 0.0784. The second-order valence-electron chi connectivity index (χ2n) is 10.3. The largest absolute Gasteiger partial charge is 0.356 e. The Morgan fingerprint density at radius 2 is 1.86 bits per heavy atom. The van der Waals surface area contributed by atoms with Crippen LogP contribution in [0.15, 0.2) is 18.6 Å². The van der Waals surface area contributed by atoms with Gasteiger partial charge in [0.1, 0.15) is 23.8 Å². The normalized spacial score (nSPS) is 20.1. The van der Waals surface area contributed by atoms with E-state index in [4.69, 9.17) is 0 Å². The summed E-state index contributed by atoms with van der Waals surface area (Å²) in [4.78, 5) is 58.8. The Hall–Kier alpha value is -3.55. The third kappa shape index (κ3) is 7.47. The molecule has 0 radical (unpaired) electrons. The molecule has 0 spiro atoms. The van der Waals surface area contributed by atoms with Crippen LogP contribution in [0.5, 0.6) is 0 Å². The van der Waals surface area contributed by atoms with Crippen molar-refractivity contribution in [1.82, 2.24) is 31.2 Å². The fraction of sp³-hybridized carbons (Fsp3) is 0.625. The highest BCUT2D eigenvalue weighted by atomic mass is 16.2. The molecule has 2 heterocycles. The molecule has 0 bridgehead atoms. The molecule has 1 saturated heterocycles. The monoisotopic (exact) mass is 483 g/mol. The zero-order chi connectivity index (χ0) is 25.6. The molecule has 0 aromatic carbocycles. The van der Waals surface area contributed by atoms with Crippen molar-refractivity contribution < 1.29 is 19.2 Å². The van der Waals surface area contributed by atoms with E-state index in [1.54, 1.807) is 0 Å². The van der Waals surface area contributed by atoms with Gasteiger partial charge in [-0.3, -0.25) is 24.2 Å². The molecule has 11 heteroatoms. The fourth-order valence-corrected chi connectivity index (χ4v) is 4.04. The SMILES string of the molecule is CC(C)(C)C(NC(=O)c1cnccn1)C(=O)NC(CC1CC1)C(=O)NC(C#N)CC1CCNC1=O. The Balaban J connectivity index is 1.68. The van der Waals surface area contributed by atoms with Crippen LogP contribution >= 0.6 is 0 Å². The fourth-order valence-electron chi connectivity index (χ4n) is 4.04. The topological polar surface area (TPSA) is 166 Å². The van der Waals surface area contributed by atoms with Gasteiger partial charge in [-0.2, -0.15) is 5.26 Å². The quantitative estimate of drug-likeness (QED) is 0.375. The third-order valence-electron chi connectivity index (χ3n) is 6.25. The van der Waals surface area contributed by atoms with E-state index in [9.17, 15) is 24.4 Å². The van der Waals surface area contributed by atoms with E-state index in [0.29, 0.717) is 25.3 Å². The van der Waals surface area contributed by atoms with Crippen molar-refractivity contribution in [3.63, 3.8) is 0 Å². The van der Waals surface area contributed by atoms with E-state index < -0.39 is 41.3 Å². The van der Waals surface area contributed by atoms with Gasteiger partial charge in [-0.15, -0.1) is 0 Å². The van der Waals surface area contributed by atoms with Crippen LogP contribution in [0.2, 0.25) is 0 Å². The maximum absolute atomic E-state index is 13.3. The molecular weight excluding hydrogens is 450 g/mol. The molecule has 1 aromatic rings. The Kier molecular flexibility index (Phi) is 8.38. The first-order chi connectivity index (χ1) is 16.6. The number of carbonyl (C=O) groups excluding carboxylic acids is 4. The Morgan fingerprint density at radius 3 is 2.40 bits per heavy atom. The standard InChI is InChI=1S/C24H33N7O4/c1-24(2,3)19(31-22(34)18-13-26-8-9-27-18)23(35)30-17(10-14-4-5-14)21(33)29-16(12-25)11-15-6-7-28-20(15)32/h8-9,13-17,19H,4-7,10-11H2,1-3H3,(H,28,32)(H,29,33)(H,30,35)(H,31,34). The van der Waals surface area contributed by atoms with E-state index in [1.807, 2.05) is 20.8 Å². The molecule has 4 amide bonds. The highest BCUT2D eigenvalue weighted by Crippen LogP contribution is 2.34. The van der Waals surface area contributed by atoms with Gasteiger partial charge in [0.05, 0.1) is 12.3 Å². The first-order valence-corrected chi connectivity index (χ1v) is 11.9. The lowest BCUT2D eigenvalue weighted by Crippen LogP contribution is -2.58. The highest BCUT2D eigenvalue weighted by Gasteiger charge is 2.38. The minimum atomic E-state index is -0.944. The number of rotatable bonds is 10. The first kappa shape index (κ1) is 26.1. The second-order valence-corrected chi connectivity index (χ2v) is 10.3. The number of nitriles is 1. The number of hydrogen-bond donors (Lipinski definition) is 4. The molecule has 2 aliphatic rings. The summed E-state index contributed by atoms with van der Waals surface area (Å²) in [6, 6.07) is -0.592. The molecule has 1 aliphatic carbocycles. The summed E-state index contributed by atoms with van der Waals surface area (Å²) in [6.45, 7) is 5.98. The van der Waals surface area contributed by atoms with Gasteiger partial charge in [0.15, 0.2) is 0 Å². The number of carbonyl (C=O) groups is 4. The second kappa shape index (κ2) is 11.3. The van der Waals surface area contributed by atoms with Gasteiger partial charge in [-0.1, -0.05) is 33.6 Å². The zero-order valence-electron chi connectivity index (χ0n) is 20.3. The Bertz CT molecular complexity index is 982. The van der Waals surface area contributed by atoms with Crippen molar-refractivity contribution in [2.24, 2.45) is 17.3 Å². The summed E-state index contributed by atoms with van der Waals surface area (Å²) in [5, 5.41) is 20.5. The molecule has 4 atom stereocenters. The maximum atomic E-state index is 13.3. The van der Waals surface area contributed by atoms with Crippen molar-refractivity contribution in [1.29, 1.82) is 5.26 Å². The van der Waals surface area contributed by atoms with Crippen LogP contribution in [-0.4, -0.2) is 58.3 Å². The number of amides is 4. The predicted molar refractivity (Wildman–Crippen MR) is 125 cm³/mol. The van der Waals surface area contributed by atoms with E-state index in [2.05, 4.69) is 37.3 Å². The lowest BCUT2D eigenvalue weighted by atomic mass is 9.85. The van der Waals surface area contributed by atoms with E-state index in [0.717, 1.165) is 12.8 Å². The molecule has 2 fully saturated rings. The van der Waals surface area contributed by atoms with Crippen LogP contribution < -0.4 is 21.3 Å². The zero-order valence-corrected chi connectivity index (χ0v) is 20.3. The molecule has 4 unspecified atom stereocenters. The third-order valence-corrected chi connectivity index (χ3v) is 6.25.